The lowest BCUT2D eigenvalue weighted by molar-refractivity contribution is -0.122. The van der Waals surface area contributed by atoms with Crippen molar-refractivity contribution >= 4 is 11.7 Å². The van der Waals surface area contributed by atoms with Crippen molar-refractivity contribution in [1.82, 2.24) is 14.9 Å². The van der Waals surface area contributed by atoms with Crippen molar-refractivity contribution in [2.45, 2.75) is 50.6 Å². The Bertz CT molecular complexity index is 713. The predicted octanol–water partition coefficient (Wildman–Crippen LogP) is 3.29. The van der Waals surface area contributed by atoms with E-state index in [1.807, 2.05) is 6.20 Å². The molecule has 25 heavy (non-hydrogen) atoms. The topological polar surface area (TPSA) is 64.0 Å². The first-order valence-electron chi connectivity index (χ1n) is 8.69. The first kappa shape index (κ1) is 17.3. The van der Waals surface area contributed by atoms with Crippen LogP contribution in [0.2, 0.25) is 0 Å². The zero-order valence-corrected chi connectivity index (χ0v) is 14.0. The average Bonchev–Trinajstić information content (AvgIpc) is 3.26. The molecule has 6 heteroatoms. The number of halogens is 1. The van der Waals surface area contributed by atoms with Gasteiger partial charge in [-0.3, -0.25) is 9.59 Å². The standard InChI is InChI=1S/C19H22FN3O2/c20-15-9-7-14(8-10-15)18(24)5-2-6-19(25)22-16-3-1-4-17(16)23-12-11-21-13-23/h7-13,16-17H,1-6H2,(H,22,25)/t16-,17-/m0/s1. The summed E-state index contributed by atoms with van der Waals surface area (Å²) in [4.78, 5) is 28.3. The molecule has 1 heterocycles. The van der Waals surface area contributed by atoms with Gasteiger partial charge < -0.3 is 9.88 Å². The van der Waals surface area contributed by atoms with Gasteiger partial charge in [0.1, 0.15) is 5.82 Å². The van der Waals surface area contributed by atoms with E-state index < -0.39 is 0 Å². The van der Waals surface area contributed by atoms with E-state index in [9.17, 15) is 14.0 Å². The Labute approximate surface area is 146 Å². The first-order valence-corrected chi connectivity index (χ1v) is 8.69. The van der Waals surface area contributed by atoms with Gasteiger partial charge in [0.05, 0.1) is 12.4 Å². The van der Waals surface area contributed by atoms with E-state index in [-0.39, 0.29) is 36.0 Å². The second kappa shape index (κ2) is 8.05. The summed E-state index contributed by atoms with van der Waals surface area (Å²) in [6, 6.07) is 5.88. The second-order valence-corrected chi connectivity index (χ2v) is 6.47. The maximum Gasteiger partial charge on any atom is 0.220 e. The van der Waals surface area contributed by atoms with Gasteiger partial charge in [0.2, 0.25) is 5.91 Å². The highest BCUT2D eigenvalue weighted by atomic mass is 19.1. The molecular weight excluding hydrogens is 321 g/mol. The van der Waals surface area contributed by atoms with Crippen molar-refractivity contribution in [2.75, 3.05) is 0 Å². The Morgan fingerprint density at radius 3 is 2.72 bits per heavy atom. The lowest BCUT2D eigenvalue weighted by Gasteiger charge is -2.22. The summed E-state index contributed by atoms with van der Waals surface area (Å²) in [7, 11) is 0. The lowest BCUT2D eigenvalue weighted by Crippen LogP contribution is -2.38. The van der Waals surface area contributed by atoms with Gasteiger partial charge in [-0.15, -0.1) is 0 Å². The fraction of sp³-hybridized carbons (Fsp3) is 0.421. The number of amides is 1. The van der Waals surface area contributed by atoms with Crippen LogP contribution < -0.4 is 5.32 Å². The number of rotatable bonds is 7. The van der Waals surface area contributed by atoms with Gasteiger partial charge in [-0.1, -0.05) is 0 Å². The highest BCUT2D eigenvalue weighted by molar-refractivity contribution is 5.96. The zero-order chi connectivity index (χ0) is 17.6. The monoisotopic (exact) mass is 343 g/mol. The van der Waals surface area contributed by atoms with Crippen molar-refractivity contribution in [3.8, 4) is 0 Å². The molecule has 132 valence electrons. The number of carbonyl (C=O) groups is 2. The third-order valence-electron chi connectivity index (χ3n) is 4.71. The molecular formula is C19H22FN3O2. The van der Waals surface area contributed by atoms with E-state index in [2.05, 4.69) is 14.9 Å². The minimum absolute atomic E-state index is 0.0241. The van der Waals surface area contributed by atoms with Crippen LogP contribution in [0.15, 0.2) is 43.0 Å². The van der Waals surface area contributed by atoms with Gasteiger partial charge in [-0.05, 0) is 49.9 Å². The molecule has 2 aromatic rings. The van der Waals surface area contributed by atoms with Crippen LogP contribution in [-0.2, 0) is 4.79 Å². The van der Waals surface area contributed by atoms with Crippen LogP contribution in [0, 0.1) is 5.82 Å². The Balaban J connectivity index is 1.43. The summed E-state index contributed by atoms with van der Waals surface area (Å²) >= 11 is 0. The van der Waals surface area contributed by atoms with Crippen LogP contribution in [0.4, 0.5) is 4.39 Å². The third-order valence-corrected chi connectivity index (χ3v) is 4.71. The molecule has 0 spiro atoms. The normalized spacial score (nSPS) is 19.7. The molecule has 1 aromatic heterocycles. The summed E-state index contributed by atoms with van der Waals surface area (Å²) in [5.74, 6) is -0.450. The van der Waals surface area contributed by atoms with Crippen molar-refractivity contribution < 1.29 is 14.0 Å². The fourth-order valence-corrected chi connectivity index (χ4v) is 3.40. The molecule has 1 aliphatic carbocycles. The highest BCUT2D eigenvalue weighted by Gasteiger charge is 2.29. The van der Waals surface area contributed by atoms with E-state index >= 15 is 0 Å². The van der Waals surface area contributed by atoms with Gasteiger partial charge in [0.15, 0.2) is 5.78 Å². The van der Waals surface area contributed by atoms with Gasteiger partial charge in [0, 0.05) is 36.8 Å². The number of nitrogens with zero attached hydrogens (tertiary/aromatic N) is 2. The molecule has 3 rings (SSSR count). The Hall–Kier alpha value is -2.50. The summed E-state index contributed by atoms with van der Waals surface area (Å²) in [6.45, 7) is 0. The van der Waals surface area contributed by atoms with E-state index in [0.717, 1.165) is 19.3 Å². The van der Waals surface area contributed by atoms with Crippen LogP contribution in [0.5, 0.6) is 0 Å². The lowest BCUT2D eigenvalue weighted by atomic mass is 10.1. The molecule has 2 atom stereocenters. The molecule has 0 saturated heterocycles. The molecule has 0 unspecified atom stereocenters. The van der Waals surface area contributed by atoms with Crippen LogP contribution in [0.25, 0.3) is 0 Å². The number of ketones is 1. The van der Waals surface area contributed by atoms with Crippen LogP contribution >= 0.6 is 0 Å². The molecule has 0 aliphatic heterocycles. The van der Waals surface area contributed by atoms with Crippen molar-refractivity contribution in [2.24, 2.45) is 0 Å². The minimum atomic E-state index is -0.361. The number of nitrogens with one attached hydrogen (secondary N) is 1. The SMILES string of the molecule is O=C(CCCC(=O)c1ccc(F)cc1)N[C@H]1CCC[C@@H]1n1ccnc1. The number of imidazole rings is 1. The van der Waals surface area contributed by atoms with E-state index in [0.29, 0.717) is 18.4 Å². The molecule has 1 amide bonds. The largest absolute Gasteiger partial charge is 0.351 e. The molecule has 1 aromatic carbocycles. The van der Waals surface area contributed by atoms with Crippen molar-refractivity contribution in [3.63, 3.8) is 0 Å². The van der Waals surface area contributed by atoms with Crippen LogP contribution in [-0.4, -0.2) is 27.3 Å². The van der Waals surface area contributed by atoms with Crippen molar-refractivity contribution in [1.29, 1.82) is 0 Å². The molecule has 0 bridgehead atoms. The van der Waals surface area contributed by atoms with Crippen LogP contribution in [0.3, 0.4) is 0 Å². The molecule has 5 nitrogen and oxygen atoms in total. The predicted molar refractivity (Wildman–Crippen MR) is 91.6 cm³/mol. The summed E-state index contributed by atoms with van der Waals surface area (Å²) in [6.07, 6.45) is 9.63. The second-order valence-electron chi connectivity index (χ2n) is 6.47. The minimum Gasteiger partial charge on any atom is -0.351 e. The van der Waals surface area contributed by atoms with E-state index in [1.54, 1.807) is 12.5 Å². The molecule has 0 radical (unpaired) electrons. The molecule has 1 fully saturated rings. The molecule has 1 saturated carbocycles. The smallest absolute Gasteiger partial charge is 0.220 e. The van der Waals surface area contributed by atoms with E-state index in [1.165, 1.54) is 24.3 Å². The molecule has 1 N–H and O–H groups in total. The number of benzene rings is 1. The number of hydrogen-bond acceptors (Lipinski definition) is 3. The molecule has 1 aliphatic rings. The number of hydrogen-bond donors (Lipinski definition) is 1. The zero-order valence-electron chi connectivity index (χ0n) is 14.0. The maximum absolute atomic E-state index is 12.9. The quantitative estimate of drug-likeness (QED) is 0.785. The summed E-state index contributed by atoms with van der Waals surface area (Å²) in [5.41, 5.74) is 0.484. The fourth-order valence-electron chi connectivity index (χ4n) is 3.40. The number of Topliss-reactive ketones (excluding diaryl/α,β-unsaturated/α-hetero) is 1. The average molecular weight is 343 g/mol. The number of carbonyl (C=O) groups excluding carboxylic acids is 2. The summed E-state index contributed by atoms with van der Waals surface area (Å²) in [5, 5.41) is 3.09. The van der Waals surface area contributed by atoms with Gasteiger partial charge in [-0.2, -0.15) is 0 Å². The van der Waals surface area contributed by atoms with E-state index in [4.69, 9.17) is 0 Å². The summed E-state index contributed by atoms with van der Waals surface area (Å²) < 4.78 is 14.9. The third kappa shape index (κ3) is 4.53. The van der Waals surface area contributed by atoms with Gasteiger partial charge >= 0.3 is 0 Å². The Kier molecular flexibility index (Phi) is 5.58. The highest BCUT2D eigenvalue weighted by Crippen LogP contribution is 2.30. The maximum atomic E-state index is 12.9. The Morgan fingerprint density at radius 2 is 2.00 bits per heavy atom. The number of aromatic nitrogens is 2. The van der Waals surface area contributed by atoms with Gasteiger partial charge in [0.25, 0.3) is 0 Å². The first-order chi connectivity index (χ1) is 12.1. The van der Waals surface area contributed by atoms with Crippen molar-refractivity contribution in [3.05, 3.63) is 54.4 Å². The van der Waals surface area contributed by atoms with Gasteiger partial charge in [-0.25, -0.2) is 9.37 Å². The van der Waals surface area contributed by atoms with Crippen LogP contribution in [0.1, 0.15) is 54.9 Å². The Morgan fingerprint density at radius 1 is 1.20 bits per heavy atom.